The number of pyridine rings is 4. The normalized spacial score (nSPS) is 18.9. The Labute approximate surface area is 663 Å². The molecule has 0 unspecified atom stereocenters. The SMILES string of the molecule is COc1ncc(NC(=O)C(=O)N2C[C@@H](C)CC[C@@H]2c2cncs2)cc1C(N)=O.COc1ncc(NC(=O)C(=O)N2C[C@@H](C)CC[C@@H]2c2cncs2)cc1C(N)=O.COc1ncc(NC(=O)C(=O)N2C[C@H](C)CC[C@H]2c2cncs2)cc1C(N)=O.COc1ncc(NC(=O)C(=O)O)cc1C(N)=O.C[C@H]1CC[C@H](c2cncs2)NC1. The van der Waals surface area contributed by atoms with E-state index in [4.69, 9.17) is 47.0 Å². The third kappa shape index (κ3) is 23.7. The summed E-state index contributed by atoms with van der Waals surface area (Å²) in [4.78, 5) is 184. The number of piperidine rings is 4. The van der Waals surface area contributed by atoms with Crippen molar-refractivity contribution >= 4 is 139 Å². The van der Waals surface area contributed by atoms with E-state index in [2.05, 4.69) is 68.1 Å². The van der Waals surface area contributed by atoms with Crippen molar-refractivity contribution in [2.75, 3.05) is 75.9 Å². The smallest absolute Gasteiger partial charge is 0.394 e. The second-order valence-electron chi connectivity index (χ2n) is 26.4. The summed E-state index contributed by atoms with van der Waals surface area (Å²) in [6.45, 7) is 11.1. The Morgan fingerprint density at radius 2 is 0.655 bits per heavy atom. The van der Waals surface area contributed by atoms with Crippen LogP contribution in [-0.2, 0) is 38.4 Å². The van der Waals surface area contributed by atoms with Gasteiger partial charge in [-0.2, -0.15) is 0 Å². The van der Waals surface area contributed by atoms with Crippen molar-refractivity contribution in [3.05, 3.63) is 138 Å². The molecule has 0 spiro atoms. The van der Waals surface area contributed by atoms with E-state index in [-0.39, 0.29) is 86.6 Å². The number of methoxy groups -OCH3 is 4. The van der Waals surface area contributed by atoms with Crippen molar-refractivity contribution < 1.29 is 81.6 Å². The van der Waals surface area contributed by atoms with Crippen molar-refractivity contribution in [2.24, 2.45) is 46.6 Å². The number of carboxylic acids is 1. The van der Waals surface area contributed by atoms with Crippen LogP contribution in [0.15, 0.2) is 95.9 Å². The summed E-state index contributed by atoms with van der Waals surface area (Å²) in [6, 6.07) is 5.24. The number of carboxylic acid groups (broad SMARTS) is 1. The molecule has 11 amide bonds. The molecule has 41 heteroatoms. The number of anilines is 4. The fraction of sp³-hybridized carbons (Fsp3) is 0.389. The summed E-state index contributed by atoms with van der Waals surface area (Å²) >= 11 is 6.15. The van der Waals surface area contributed by atoms with Crippen LogP contribution >= 0.6 is 45.3 Å². The number of primary amides is 4. The zero-order valence-electron chi connectivity index (χ0n) is 62.7. The van der Waals surface area contributed by atoms with E-state index in [1.165, 1.54) is 123 Å². The summed E-state index contributed by atoms with van der Waals surface area (Å²) in [7, 11) is 5.36. The molecule has 4 aliphatic rings. The number of rotatable bonds is 16. The highest BCUT2D eigenvalue weighted by atomic mass is 32.1. The number of thiazole rings is 4. The second-order valence-corrected chi connectivity index (χ2v) is 30.1. The maximum absolute atomic E-state index is 12.9. The highest BCUT2D eigenvalue weighted by Crippen LogP contribution is 2.39. The van der Waals surface area contributed by atoms with Gasteiger partial charge >= 0.3 is 47.3 Å². The first-order valence-electron chi connectivity index (χ1n) is 35.0. The molecule has 8 aromatic heterocycles. The minimum Gasteiger partial charge on any atom is -0.480 e. The lowest BCUT2D eigenvalue weighted by Gasteiger charge is -2.37. The molecular formula is C72H86N20O17S4. The van der Waals surface area contributed by atoms with E-state index in [0.29, 0.717) is 43.4 Å². The van der Waals surface area contributed by atoms with E-state index in [1.807, 2.05) is 37.8 Å². The van der Waals surface area contributed by atoms with Crippen molar-refractivity contribution in [3.63, 3.8) is 0 Å². The Balaban J connectivity index is 0.000000182. The maximum Gasteiger partial charge on any atom is 0.394 e. The first-order valence-corrected chi connectivity index (χ1v) is 38.6. The number of nitrogens with two attached hydrogens (primary N) is 4. The van der Waals surface area contributed by atoms with E-state index in [9.17, 15) is 57.5 Å². The molecule has 0 aromatic carbocycles. The zero-order chi connectivity index (χ0) is 82.2. The molecule has 4 aliphatic heterocycles. The number of hydrogen-bond acceptors (Lipinski definition) is 29. The van der Waals surface area contributed by atoms with E-state index >= 15 is 0 Å². The van der Waals surface area contributed by atoms with Crippen molar-refractivity contribution in [3.8, 4) is 23.5 Å². The number of nitrogens with zero attached hydrogens (tertiary/aromatic N) is 11. The fourth-order valence-electron chi connectivity index (χ4n) is 12.4. The number of hydrogen-bond donors (Lipinski definition) is 10. The summed E-state index contributed by atoms with van der Waals surface area (Å²) in [5, 5.41) is 21.4. The number of aliphatic carboxylic acids is 1. The molecule has 4 fully saturated rings. The van der Waals surface area contributed by atoms with Gasteiger partial charge in [-0.25, -0.2) is 24.7 Å². The van der Waals surface area contributed by atoms with Crippen LogP contribution < -0.4 is 68.5 Å². The Hall–Kier alpha value is -12.1. The van der Waals surface area contributed by atoms with Gasteiger partial charge in [0.2, 0.25) is 23.5 Å². The van der Waals surface area contributed by atoms with Gasteiger partial charge in [0, 0.05) is 70.0 Å². The molecular weight excluding hydrogens is 1550 g/mol. The quantitative estimate of drug-likeness (QED) is 0.0483. The number of amides is 11. The van der Waals surface area contributed by atoms with Crippen LogP contribution in [0.5, 0.6) is 23.5 Å². The third-order valence-corrected chi connectivity index (χ3v) is 21.6. The van der Waals surface area contributed by atoms with Gasteiger partial charge in [0.25, 0.3) is 23.6 Å². The molecule has 0 aliphatic carbocycles. The predicted molar refractivity (Wildman–Crippen MR) is 416 cm³/mol. The average Bonchev–Trinajstić information content (AvgIpc) is 1.81. The molecule has 12 heterocycles. The molecule has 0 saturated carbocycles. The number of nitrogens with one attached hydrogen (secondary N) is 5. The first-order chi connectivity index (χ1) is 54.0. The largest absolute Gasteiger partial charge is 0.480 e. The fourth-order valence-corrected chi connectivity index (χ4v) is 15.4. The van der Waals surface area contributed by atoms with Crippen LogP contribution in [0.3, 0.4) is 0 Å². The van der Waals surface area contributed by atoms with Gasteiger partial charge in [-0.1, -0.05) is 27.7 Å². The summed E-state index contributed by atoms with van der Waals surface area (Å²) < 4.78 is 19.7. The Bertz CT molecular complexity index is 4320. The minimum absolute atomic E-state index is 0.00850. The number of carbonyl (C=O) groups excluding carboxylic acids is 11. The summed E-state index contributed by atoms with van der Waals surface area (Å²) in [5.41, 5.74) is 28.6. The number of ether oxygens (including phenoxy) is 4. The van der Waals surface area contributed by atoms with Gasteiger partial charge in [0.1, 0.15) is 22.3 Å². The van der Waals surface area contributed by atoms with Crippen LogP contribution in [0.25, 0.3) is 0 Å². The highest BCUT2D eigenvalue weighted by Gasteiger charge is 2.39. The molecule has 600 valence electrons. The maximum atomic E-state index is 12.9. The molecule has 37 nitrogen and oxygen atoms in total. The lowest BCUT2D eigenvalue weighted by Crippen LogP contribution is -2.46. The monoisotopic (exact) mass is 1630 g/mol. The predicted octanol–water partition coefficient (Wildman–Crippen LogP) is 6.17. The van der Waals surface area contributed by atoms with Crippen LogP contribution in [0.1, 0.15) is 164 Å². The van der Waals surface area contributed by atoms with Gasteiger partial charge in [0.15, 0.2) is 0 Å². The Morgan fingerprint density at radius 3 is 0.885 bits per heavy atom. The Morgan fingerprint density at radius 1 is 0.389 bits per heavy atom. The van der Waals surface area contributed by atoms with Gasteiger partial charge in [-0.3, -0.25) is 72.7 Å². The minimum atomic E-state index is -1.65. The van der Waals surface area contributed by atoms with E-state index in [1.54, 1.807) is 61.2 Å². The molecule has 8 atom stereocenters. The van der Waals surface area contributed by atoms with Gasteiger partial charge in [-0.15, -0.1) is 45.3 Å². The van der Waals surface area contributed by atoms with Gasteiger partial charge in [0.05, 0.1) is 116 Å². The third-order valence-electron chi connectivity index (χ3n) is 18.1. The van der Waals surface area contributed by atoms with Crippen molar-refractivity contribution in [1.29, 1.82) is 0 Å². The van der Waals surface area contributed by atoms with Crippen LogP contribution in [-0.4, -0.2) is 185 Å². The summed E-state index contributed by atoms with van der Waals surface area (Å²) in [5.74, 6) is -8.39. The van der Waals surface area contributed by atoms with E-state index < -0.39 is 70.9 Å². The molecule has 12 rings (SSSR count). The lowest BCUT2D eigenvalue weighted by atomic mass is 9.93. The lowest BCUT2D eigenvalue weighted by molar-refractivity contribution is -0.147. The molecule has 113 heavy (non-hydrogen) atoms. The first kappa shape index (κ1) is 86.5. The van der Waals surface area contributed by atoms with Crippen LogP contribution in [0.4, 0.5) is 22.7 Å². The molecule has 0 bridgehead atoms. The average molecular weight is 1630 g/mol. The van der Waals surface area contributed by atoms with Crippen LogP contribution in [0.2, 0.25) is 0 Å². The topological polar surface area (TPSA) is 539 Å². The second kappa shape index (κ2) is 41.3. The molecule has 8 aromatic rings. The molecule has 4 saturated heterocycles. The molecule has 0 radical (unpaired) electrons. The number of likely N-dealkylation sites (tertiary alicyclic amines) is 3. The number of carbonyl (C=O) groups is 12. The zero-order valence-corrected chi connectivity index (χ0v) is 65.9. The standard InChI is InChI=1S/3C18H21N5O4S.C9H9N3O5.C9H14N2S/c3*1-10-3-4-13(14-7-20-9-28-14)23(8-10)18(26)16(25)22-11-5-12(15(19)24)17(27-2)21-6-11;1-17-8-5(6(10)13)2-4(3-11-8)12-7(14)9(15)16;1-7-2-3-8(11-4-7)9-5-10-6-12-9/h3*5-7,9-10,13H,3-4,8H2,1-2H3,(H2,19,24)(H,22,25);2-3H,1H3,(H2,10,13)(H,12,14)(H,15,16);5-8,11H,2-4H2,1H3/t3*10-,13+;;7-,8+/m100.0/s1. The molecule has 14 N–H and O–H groups in total. The summed E-state index contributed by atoms with van der Waals surface area (Å²) in [6.07, 6.45) is 20.1. The van der Waals surface area contributed by atoms with Crippen molar-refractivity contribution in [1.82, 2.24) is 59.9 Å². The van der Waals surface area contributed by atoms with Gasteiger partial charge in [-0.05, 0) is 106 Å². The van der Waals surface area contributed by atoms with E-state index in [0.717, 1.165) is 71.8 Å². The highest BCUT2D eigenvalue weighted by molar-refractivity contribution is 7.10. The number of aromatic nitrogens is 8. The Kier molecular flexibility index (Phi) is 31.6. The van der Waals surface area contributed by atoms with Crippen LogP contribution in [0, 0.1) is 23.7 Å². The van der Waals surface area contributed by atoms with Gasteiger partial charge < -0.3 is 88.3 Å². The van der Waals surface area contributed by atoms with Crippen molar-refractivity contribution in [2.45, 2.75) is 103 Å².